The van der Waals surface area contributed by atoms with Crippen LogP contribution in [0.25, 0.3) is 0 Å². The third-order valence-corrected chi connectivity index (χ3v) is 2.77. The zero-order valence-electron chi connectivity index (χ0n) is 8.86. The first-order valence-corrected chi connectivity index (χ1v) is 4.76. The summed E-state index contributed by atoms with van der Waals surface area (Å²) in [6.45, 7) is 4.00. The van der Waals surface area contributed by atoms with E-state index < -0.39 is 0 Å². The summed E-state index contributed by atoms with van der Waals surface area (Å²) in [6, 6.07) is 0.398. The molecular formula is C11H19NO. The molecule has 2 heteroatoms. The molecule has 0 bridgehead atoms. The van der Waals surface area contributed by atoms with Gasteiger partial charge in [0.15, 0.2) is 0 Å². The maximum atomic E-state index is 9.54. The van der Waals surface area contributed by atoms with E-state index in [1.165, 1.54) is 5.57 Å². The normalized spacial score (nSPS) is 26.3. The number of likely N-dealkylation sites (N-methyl/N-ethyl adjacent to an activating group) is 1. The molecule has 1 N–H and O–H groups in total. The van der Waals surface area contributed by atoms with Crippen molar-refractivity contribution in [2.75, 3.05) is 14.1 Å². The number of aliphatic hydroxyl groups is 1. The molecule has 0 heterocycles. The minimum absolute atomic E-state index is 0.206. The first kappa shape index (κ1) is 10.5. The van der Waals surface area contributed by atoms with Gasteiger partial charge in [0.1, 0.15) is 0 Å². The van der Waals surface area contributed by atoms with Crippen molar-refractivity contribution < 1.29 is 5.11 Å². The predicted octanol–water partition coefficient (Wildman–Crippen LogP) is 1.43. The first-order chi connectivity index (χ1) is 6.04. The van der Waals surface area contributed by atoms with Crippen molar-refractivity contribution in [1.29, 1.82) is 0 Å². The maximum absolute atomic E-state index is 9.54. The summed E-state index contributed by atoms with van der Waals surface area (Å²) in [4.78, 5) is 2.16. The third kappa shape index (κ3) is 2.20. The minimum atomic E-state index is -0.285. The summed E-state index contributed by atoms with van der Waals surface area (Å²) in [5.74, 6) is 0.206. The number of nitrogens with zero attached hydrogens (tertiary/aromatic N) is 1. The standard InChI is InChI=1S/C11H19NO/c1-8(12(3)4)10-6-5-7-11(10)9(2)13/h5-9,11,13H,1-4H3/t8-,9+,11?/m1/s1. The van der Waals surface area contributed by atoms with Crippen molar-refractivity contribution in [2.45, 2.75) is 26.0 Å². The van der Waals surface area contributed by atoms with E-state index in [2.05, 4.69) is 38.1 Å². The zero-order chi connectivity index (χ0) is 10.0. The molecule has 1 aliphatic carbocycles. The van der Waals surface area contributed by atoms with Crippen LogP contribution in [0.3, 0.4) is 0 Å². The van der Waals surface area contributed by atoms with Crippen LogP contribution in [0, 0.1) is 5.92 Å². The molecule has 1 rings (SSSR count). The van der Waals surface area contributed by atoms with Crippen LogP contribution in [0.4, 0.5) is 0 Å². The van der Waals surface area contributed by atoms with Crippen molar-refractivity contribution >= 4 is 0 Å². The second kappa shape index (κ2) is 4.07. The van der Waals surface area contributed by atoms with Crippen molar-refractivity contribution in [1.82, 2.24) is 4.90 Å². The van der Waals surface area contributed by atoms with Gasteiger partial charge in [-0.15, -0.1) is 0 Å². The molecule has 2 nitrogen and oxygen atoms in total. The van der Waals surface area contributed by atoms with Gasteiger partial charge in [-0.25, -0.2) is 0 Å². The fourth-order valence-electron chi connectivity index (χ4n) is 1.66. The van der Waals surface area contributed by atoms with Crippen molar-refractivity contribution in [2.24, 2.45) is 5.92 Å². The van der Waals surface area contributed by atoms with Crippen LogP contribution in [0.2, 0.25) is 0 Å². The summed E-state index contributed by atoms with van der Waals surface area (Å²) < 4.78 is 0. The highest BCUT2D eigenvalue weighted by atomic mass is 16.3. The number of hydrogen-bond donors (Lipinski definition) is 1. The van der Waals surface area contributed by atoms with E-state index in [4.69, 9.17) is 0 Å². The van der Waals surface area contributed by atoms with Gasteiger partial charge in [0.2, 0.25) is 0 Å². The molecule has 3 atom stereocenters. The van der Waals surface area contributed by atoms with E-state index in [1.807, 2.05) is 13.0 Å². The molecule has 0 amide bonds. The fraction of sp³-hybridized carbons (Fsp3) is 0.636. The quantitative estimate of drug-likeness (QED) is 0.712. The van der Waals surface area contributed by atoms with Crippen molar-refractivity contribution in [3.63, 3.8) is 0 Å². The molecule has 0 spiro atoms. The van der Waals surface area contributed by atoms with Gasteiger partial charge in [-0.1, -0.05) is 18.2 Å². The second-order valence-corrected chi connectivity index (χ2v) is 3.96. The summed E-state index contributed by atoms with van der Waals surface area (Å²) in [5.41, 5.74) is 1.31. The molecule has 1 aliphatic rings. The van der Waals surface area contributed by atoms with Crippen LogP contribution in [-0.2, 0) is 0 Å². The lowest BCUT2D eigenvalue weighted by molar-refractivity contribution is 0.157. The Bertz CT molecular complexity index is 228. The molecule has 1 unspecified atom stereocenters. The topological polar surface area (TPSA) is 23.5 Å². The van der Waals surface area contributed by atoms with E-state index in [0.29, 0.717) is 6.04 Å². The summed E-state index contributed by atoms with van der Waals surface area (Å²) in [5, 5.41) is 9.54. The summed E-state index contributed by atoms with van der Waals surface area (Å²) in [7, 11) is 4.12. The monoisotopic (exact) mass is 181 g/mol. The van der Waals surface area contributed by atoms with Crippen LogP contribution in [-0.4, -0.2) is 36.2 Å². The van der Waals surface area contributed by atoms with Crippen LogP contribution >= 0.6 is 0 Å². The molecule has 0 saturated carbocycles. The molecule has 13 heavy (non-hydrogen) atoms. The minimum Gasteiger partial charge on any atom is -0.392 e. The lowest BCUT2D eigenvalue weighted by Gasteiger charge is -2.27. The smallest absolute Gasteiger partial charge is 0.0612 e. The molecule has 0 aromatic heterocycles. The number of hydrogen-bond acceptors (Lipinski definition) is 2. The first-order valence-electron chi connectivity index (χ1n) is 4.76. The molecule has 0 fully saturated rings. The predicted molar refractivity (Wildman–Crippen MR) is 55.5 cm³/mol. The Hall–Kier alpha value is -0.600. The largest absolute Gasteiger partial charge is 0.392 e. The summed E-state index contributed by atoms with van der Waals surface area (Å²) in [6.07, 6.45) is 5.93. The van der Waals surface area contributed by atoms with Gasteiger partial charge in [0.05, 0.1) is 6.10 Å². The van der Waals surface area contributed by atoms with Crippen LogP contribution in [0.1, 0.15) is 13.8 Å². The van der Waals surface area contributed by atoms with E-state index in [1.54, 1.807) is 0 Å². The number of allylic oxidation sites excluding steroid dienone is 2. The average Bonchev–Trinajstić information content (AvgIpc) is 2.50. The van der Waals surface area contributed by atoms with Gasteiger partial charge in [-0.2, -0.15) is 0 Å². The SMILES string of the molecule is C[C@H](O)C1C=CC=C1[C@@H](C)N(C)C. The summed E-state index contributed by atoms with van der Waals surface area (Å²) >= 11 is 0. The lowest BCUT2D eigenvalue weighted by Crippen LogP contribution is -2.31. The van der Waals surface area contributed by atoms with Crippen LogP contribution < -0.4 is 0 Å². The van der Waals surface area contributed by atoms with E-state index in [-0.39, 0.29) is 12.0 Å². The Morgan fingerprint density at radius 3 is 2.46 bits per heavy atom. The van der Waals surface area contributed by atoms with Crippen LogP contribution in [0.5, 0.6) is 0 Å². The zero-order valence-corrected chi connectivity index (χ0v) is 8.86. The van der Waals surface area contributed by atoms with Gasteiger partial charge < -0.3 is 10.0 Å². The maximum Gasteiger partial charge on any atom is 0.0612 e. The highest BCUT2D eigenvalue weighted by molar-refractivity contribution is 5.31. The van der Waals surface area contributed by atoms with E-state index in [0.717, 1.165) is 0 Å². The fourth-order valence-corrected chi connectivity index (χ4v) is 1.66. The van der Waals surface area contributed by atoms with E-state index in [9.17, 15) is 5.11 Å². The number of aliphatic hydroxyl groups excluding tert-OH is 1. The highest BCUT2D eigenvalue weighted by Crippen LogP contribution is 2.27. The third-order valence-electron chi connectivity index (χ3n) is 2.77. The molecule has 74 valence electrons. The Labute approximate surface area is 80.6 Å². The molecule has 0 aliphatic heterocycles. The van der Waals surface area contributed by atoms with Crippen molar-refractivity contribution in [3.05, 3.63) is 23.8 Å². The van der Waals surface area contributed by atoms with Gasteiger partial charge in [-0.3, -0.25) is 0 Å². The average molecular weight is 181 g/mol. The van der Waals surface area contributed by atoms with Gasteiger partial charge in [0.25, 0.3) is 0 Å². The molecular weight excluding hydrogens is 162 g/mol. The molecule has 0 aromatic carbocycles. The molecule has 0 radical (unpaired) electrons. The van der Waals surface area contributed by atoms with Gasteiger partial charge >= 0.3 is 0 Å². The van der Waals surface area contributed by atoms with Gasteiger partial charge in [-0.05, 0) is 33.5 Å². The Kier molecular flexibility index (Phi) is 3.28. The highest BCUT2D eigenvalue weighted by Gasteiger charge is 2.24. The molecule has 0 aromatic rings. The Balaban J connectivity index is 2.71. The molecule has 0 saturated heterocycles. The second-order valence-electron chi connectivity index (χ2n) is 3.96. The number of rotatable bonds is 3. The van der Waals surface area contributed by atoms with Crippen molar-refractivity contribution in [3.8, 4) is 0 Å². The van der Waals surface area contributed by atoms with E-state index >= 15 is 0 Å². The Morgan fingerprint density at radius 1 is 1.38 bits per heavy atom. The van der Waals surface area contributed by atoms with Gasteiger partial charge in [0, 0.05) is 12.0 Å². The van der Waals surface area contributed by atoms with Crippen LogP contribution in [0.15, 0.2) is 23.8 Å². The lowest BCUT2D eigenvalue weighted by atomic mass is 9.92. The Morgan fingerprint density at radius 2 is 2.00 bits per heavy atom.